The molecule has 8 nitrogen and oxygen atoms in total. The smallest absolute Gasteiger partial charge is 0.267 e. The first kappa shape index (κ1) is 23.3. The van der Waals surface area contributed by atoms with E-state index in [0.717, 1.165) is 22.3 Å². The van der Waals surface area contributed by atoms with E-state index in [1.165, 1.54) is 0 Å². The number of aryl methyl sites for hydroxylation is 1. The minimum Gasteiger partial charge on any atom is -0.461 e. The van der Waals surface area contributed by atoms with Crippen molar-refractivity contribution >= 4 is 11.6 Å². The van der Waals surface area contributed by atoms with Crippen molar-refractivity contribution in [1.82, 2.24) is 20.1 Å². The number of nitrogens with zero attached hydrogens (tertiary/aromatic N) is 4. The monoisotopic (exact) mass is 478 g/mol. The Bertz CT molecular complexity index is 1410. The molecule has 0 saturated heterocycles. The fourth-order valence-electron chi connectivity index (χ4n) is 4.33. The first-order valence-corrected chi connectivity index (χ1v) is 11.8. The summed E-state index contributed by atoms with van der Waals surface area (Å²) in [7, 11) is 1.85. The molecule has 3 atom stereocenters. The summed E-state index contributed by atoms with van der Waals surface area (Å²) >= 11 is 0. The van der Waals surface area contributed by atoms with Crippen molar-refractivity contribution in [1.29, 1.82) is 5.26 Å². The lowest BCUT2D eigenvalue weighted by Crippen LogP contribution is -2.47. The number of carbonyl (C=O) groups excluding carboxylic acids is 1. The zero-order chi connectivity index (χ0) is 25.1. The summed E-state index contributed by atoms with van der Waals surface area (Å²) < 4.78 is 7.90. The maximum atomic E-state index is 13.3. The van der Waals surface area contributed by atoms with Crippen LogP contribution in [0.4, 0.5) is 5.69 Å². The lowest BCUT2D eigenvalue weighted by molar-refractivity contribution is -0.125. The molecule has 0 aliphatic carbocycles. The molecule has 2 N–H and O–H groups in total. The molecule has 2 aromatic heterocycles. The Balaban J connectivity index is 1.37. The molecule has 8 heteroatoms. The van der Waals surface area contributed by atoms with Crippen LogP contribution in [0, 0.1) is 11.3 Å². The van der Waals surface area contributed by atoms with Gasteiger partial charge in [-0.25, -0.2) is 4.98 Å². The third-order valence-corrected chi connectivity index (χ3v) is 6.36. The second-order valence-electron chi connectivity index (χ2n) is 8.94. The summed E-state index contributed by atoms with van der Waals surface area (Å²) in [6, 6.07) is 21.0. The van der Waals surface area contributed by atoms with E-state index >= 15 is 0 Å². The first-order valence-electron chi connectivity index (χ1n) is 11.8. The van der Waals surface area contributed by atoms with E-state index in [4.69, 9.17) is 10.00 Å². The number of anilines is 1. The average Bonchev–Trinajstić information content (AvgIpc) is 3.35. The molecule has 0 saturated carbocycles. The molecule has 0 spiro atoms. The van der Waals surface area contributed by atoms with Crippen molar-refractivity contribution in [3.63, 3.8) is 0 Å². The Kier molecular flexibility index (Phi) is 6.48. The maximum absolute atomic E-state index is 13.3. The van der Waals surface area contributed by atoms with Crippen molar-refractivity contribution in [3.8, 4) is 23.1 Å². The highest BCUT2D eigenvalue weighted by Gasteiger charge is 2.36. The predicted octanol–water partition coefficient (Wildman–Crippen LogP) is 4.19. The Hall–Kier alpha value is -4.48. The van der Waals surface area contributed by atoms with Gasteiger partial charge in [0.2, 0.25) is 5.88 Å². The van der Waals surface area contributed by atoms with E-state index in [2.05, 4.69) is 33.7 Å². The summed E-state index contributed by atoms with van der Waals surface area (Å²) in [4.78, 5) is 17.8. The minimum atomic E-state index is -0.801. The molecule has 0 radical (unpaired) electrons. The van der Waals surface area contributed by atoms with Gasteiger partial charge in [-0.15, -0.1) is 0 Å². The zero-order valence-corrected chi connectivity index (χ0v) is 20.1. The standard InChI is InChI=1S/C28H26N6O2/c1-18(20-10-8-19(13-29)9-11-20)14-30-25(21-6-4-3-5-7-21)26-27(35)33-24-12-22(15-31-28(24)36-26)23-16-32-34(2)17-23/h3-12,15-18,25-26,30H,14H2,1-2H3,(H,33,35)/t18-,25+,26+/m0/s1. The largest absolute Gasteiger partial charge is 0.461 e. The van der Waals surface area contributed by atoms with Crippen molar-refractivity contribution in [2.24, 2.45) is 7.05 Å². The van der Waals surface area contributed by atoms with Gasteiger partial charge in [0, 0.05) is 37.1 Å². The average molecular weight is 479 g/mol. The summed E-state index contributed by atoms with van der Waals surface area (Å²) in [6.45, 7) is 2.72. The number of nitrogens with one attached hydrogen (secondary N) is 2. The Labute approximate surface area is 209 Å². The Morgan fingerprint density at radius 1 is 1.11 bits per heavy atom. The van der Waals surface area contributed by atoms with Crippen LogP contribution in [0.25, 0.3) is 11.1 Å². The third kappa shape index (κ3) is 4.83. The molecule has 0 unspecified atom stereocenters. The van der Waals surface area contributed by atoms with E-state index < -0.39 is 6.10 Å². The molecule has 0 fully saturated rings. The van der Waals surface area contributed by atoms with Gasteiger partial charge in [0.25, 0.3) is 5.91 Å². The second-order valence-corrected chi connectivity index (χ2v) is 8.94. The molecule has 180 valence electrons. The highest BCUT2D eigenvalue weighted by atomic mass is 16.5. The number of ether oxygens (including phenoxy) is 1. The van der Waals surface area contributed by atoms with Crippen molar-refractivity contribution < 1.29 is 9.53 Å². The van der Waals surface area contributed by atoms with Gasteiger partial charge in [0.05, 0.1) is 23.9 Å². The van der Waals surface area contributed by atoms with E-state index in [0.29, 0.717) is 23.7 Å². The topological polar surface area (TPSA) is 105 Å². The van der Waals surface area contributed by atoms with Crippen LogP contribution in [-0.2, 0) is 11.8 Å². The minimum absolute atomic E-state index is 0.156. The van der Waals surface area contributed by atoms with Gasteiger partial charge in [-0.1, -0.05) is 49.4 Å². The number of amides is 1. The second kappa shape index (κ2) is 10.0. The van der Waals surface area contributed by atoms with Gasteiger partial charge < -0.3 is 15.4 Å². The third-order valence-electron chi connectivity index (χ3n) is 6.36. The normalized spacial score (nSPS) is 16.2. The number of hydrogen-bond acceptors (Lipinski definition) is 6. The van der Waals surface area contributed by atoms with Crippen molar-refractivity contribution in [2.45, 2.75) is 25.0 Å². The van der Waals surface area contributed by atoms with Crippen LogP contribution in [0.15, 0.2) is 79.3 Å². The van der Waals surface area contributed by atoms with E-state index in [1.807, 2.05) is 73.9 Å². The Morgan fingerprint density at radius 3 is 2.58 bits per heavy atom. The lowest BCUT2D eigenvalue weighted by atomic mass is 9.96. The quantitative estimate of drug-likeness (QED) is 0.413. The Morgan fingerprint density at radius 2 is 1.89 bits per heavy atom. The van der Waals surface area contributed by atoms with Crippen LogP contribution in [0.1, 0.15) is 35.6 Å². The number of rotatable bonds is 7. The highest BCUT2D eigenvalue weighted by molar-refractivity contribution is 5.98. The molecule has 5 rings (SSSR count). The van der Waals surface area contributed by atoms with Gasteiger partial charge in [-0.2, -0.15) is 10.4 Å². The molecule has 1 amide bonds. The highest BCUT2D eigenvalue weighted by Crippen LogP contribution is 2.34. The van der Waals surface area contributed by atoms with Crippen LogP contribution >= 0.6 is 0 Å². The molecular formula is C28H26N6O2. The first-order chi connectivity index (χ1) is 17.5. The summed E-state index contributed by atoms with van der Waals surface area (Å²) in [6.07, 6.45) is 4.57. The molecule has 36 heavy (non-hydrogen) atoms. The van der Waals surface area contributed by atoms with Crippen LogP contribution < -0.4 is 15.4 Å². The molecule has 1 aliphatic heterocycles. The van der Waals surface area contributed by atoms with Gasteiger partial charge in [-0.05, 0) is 35.2 Å². The number of carbonyl (C=O) groups is 1. The molecule has 1 aliphatic rings. The number of benzene rings is 2. The molecule has 0 bridgehead atoms. The zero-order valence-electron chi connectivity index (χ0n) is 20.1. The molecule has 3 heterocycles. The van der Waals surface area contributed by atoms with Crippen LogP contribution in [-0.4, -0.2) is 33.3 Å². The molecular weight excluding hydrogens is 452 g/mol. The number of aromatic nitrogens is 3. The van der Waals surface area contributed by atoms with Gasteiger partial charge >= 0.3 is 0 Å². The molecule has 2 aromatic carbocycles. The summed E-state index contributed by atoms with van der Waals surface area (Å²) in [5.41, 5.74) is 4.97. The summed E-state index contributed by atoms with van der Waals surface area (Å²) in [5, 5.41) is 19.8. The number of hydrogen-bond donors (Lipinski definition) is 2. The van der Waals surface area contributed by atoms with Crippen molar-refractivity contribution in [2.75, 3.05) is 11.9 Å². The lowest BCUT2D eigenvalue weighted by Gasteiger charge is -2.32. The fraction of sp³-hybridized carbons (Fsp3) is 0.214. The molecule has 4 aromatic rings. The van der Waals surface area contributed by atoms with Crippen LogP contribution in [0.2, 0.25) is 0 Å². The van der Waals surface area contributed by atoms with Crippen molar-refractivity contribution in [3.05, 3.63) is 95.9 Å². The van der Waals surface area contributed by atoms with Crippen LogP contribution in [0.3, 0.4) is 0 Å². The predicted molar refractivity (Wildman–Crippen MR) is 136 cm³/mol. The van der Waals surface area contributed by atoms with E-state index in [1.54, 1.807) is 17.1 Å². The van der Waals surface area contributed by atoms with E-state index in [9.17, 15) is 4.79 Å². The van der Waals surface area contributed by atoms with Gasteiger partial charge in [0.15, 0.2) is 6.10 Å². The van der Waals surface area contributed by atoms with Gasteiger partial charge in [-0.3, -0.25) is 9.48 Å². The number of nitriles is 1. The van der Waals surface area contributed by atoms with Gasteiger partial charge in [0.1, 0.15) is 5.69 Å². The van der Waals surface area contributed by atoms with Crippen LogP contribution in [0.5, 0.6) is 5.88 Å². The van der Waals surface area contributed by atoms with E-state index in [-0.39, 0.29) is 17.9 Å². The SMILES string of the molecule is C[C@@H](CN[C@H](c1ccccc1)[C@H]1Oc2ncc(-c3cnn(C)c3)cc2NC1=O)c1ccc(C#N)cc1. The maximum Gasteiger partial charge on any atom is 0.267 e. The number of pyridine rings is 1. The summed E-state index contributed by atoms with van der Waals surface area (Å²) in [5.74, 6) is 0.304. The number of fused-ring (bicyclic) bond motifs is 1. The fourth-order valence-corrected chi connectivity index (χ4v) is 4.33.